The molecule has 1 aliphatic heterocycles. The molecule has 1 N–H and O–H groups in total. The van der Waals surface area contributed by atoms with Gasteiger partial charge >= 0.3 is 12.1 Å². The minimum Gasteiger partial charge on any atom is -0.483 e. The van der Waals surface area contributed by atoms with Crippen LogP contribution in [0.4, 0.5) is 18.9 Å². The SMILES string of the molecule is C[C@H](OC(=O)COc1cccc2c1OC(C)(C)C2)C(=O)Nc1ccc(Cl)c(C(F)(F)F)c1. The predicted molar refractivity (Wildman–Crippen MR) is 111 cm³/mol. The van der Waals surface area contributed by atoms with Gasteiger partial charge in [0.1, 0.15) is 5.60 Å². The lowest BCUT2D eigenvalue weighted by molar-refractivity contribution is -0.155. The first-order valence-corrected chi connectivity index (χ1v) is 10.0. The van der Waals surface area contributed by atoms with Crippen molar-refractivity contribution in [2.75, 3.05) is 11.9 Å². The lowest BCUT2D eigenvalue weighted by Crippen LogP contribution is -2.31. The molecule has 3 rings (SSSR count). The molecule has 0 fully saturated rings. The predicted octanol–water partition coefficient (Wildman–Crippen LogP) is 5.02. The number of benzene rings is 2. The topological polar surface area (TPSA) is 73.9 Å². The third kappa shape index (κ3) is 5.64. The first-order valence-electron chi connectivity index (χ1n) is 9.66. The molecule has 1 atom stereocenters. The van der Waals surface area contributed by atoms with Crippen LogP contribution in [-0.4, -0.2) is 30.2 Å². The van der Waals surface area contributed by atoms with Gasteiger partial charge < -0.3 is 19.5 Å². The van der Waals surface area contributed by atoms with E-state index in [4.69, 9.17) is 25.8 Å². The molecule has 1 amide bonds. The Bertz CT molecular complexity index is 1040. The van der Waals surface area contributed by atoms with Crippen molar-refractivity contribution in [3.05, 3.63) is 52.5 Å². The zero-order valence-corrected chi connectivity index (χ0v) is 18.3. The van der Waals surface area contributed by atoms with Gasteiger partial charge in [-0.05, 0) is 45.0 Å². The van der Waals surface area contributed by atoms with E-state index >= 15 is 0 Å². The number of fused-ring (bicyclic) bond motifs is 1. The van der Waals surface area contributed by atoms with Crippen molar-refractivity contribution in [1.82, 2.24) is 0 Å². The Kier molecular flexibility index (Phi) is 6.59. The number of amides is 1. The van der Waals surface area contributed by atoms with Crippen molar-refractivity contribution in [3.8, 4) is 11.5 Å². The molecular weight excluding hydrogens is 451 g/mol. The molecule has 0 bridgehead atoms. The third-order valence-electron chi connectivity index (χ3n) is 4.62. The molecule has 0 aromatic heterocycles. The van der Waals surface area contributed by atoms with Crippen LogP contribution < -0.4 is 14.8 Å². The summed E-state index contributed by atoms with van der Waals surface area (Å²) in [7, 11) is 0. The fourth-order valence-electron chi connectivity index (χ4n) is 3.19. The first-order chi connectivity index (χ1) is 14.9. The molecule has 1 aliphatic rings. The Labute approximate surface area is 187 Å². The second-order valence-corrected chi connectivity index (χ2v) is 8.29. The number of carbonyl (C=O) groups excluding carboxylic acids is 2. The smallest absolute Gasteiger partial charge is 0.417 e. The van der Waals surface area contributed by atoms with Crippen LogP contribution in [0, 0.1) is 0 Å². The number of alkyl halides is 3. The number of hydrogen-bond acceptors (Lipinski definition) is 5. The van der Waals surface area contributed by atoms with Gasteiger partial charge in [0.25, 0.3) is 5.91 Å². The van der Waals surface area contributed by atoms with Crippen molar-refractivity contribution < 1.29 is 37.0 Å². The standard InChI is InChI=1S/C22H21ClF3NO5/c1-12(20(29)27-14-7-8-16(23)15(9-14)22(24,25)26)31-18(28)11-30-17-6-4-5-13-10-21(2,3)32-19(13)17/h4-9,12H,10-11H2,1-3H3,(H,27,29)/t12-/m0/s1. The van der Waals surface area contributed by atoms with E-state index < -0.39 is 41.3 Å². The van der Waals surface area contributed by atoms with E-state index in [1.807, 2.05) is 19.9 Å². The molecule has 0 saturated carbocycles. The van der Waals surface area contributed by atoms with Gasteiger partial charge in [0.2, 0.25) is 0 Å². The second-order valence-electron chi connectivity index (χ2n) is 7.89. The monoisotopic (exact) mass is 471 g/mol. The number of nitrogens with one attached hydrogen (secondary N) is 1. The third-order valence-corrected chi connectivity index (χ3v) is 4.95. The maximum Gasteiger partial charge on any atom is 0.417 e. The first kappa shape index (κ1) is 23.7. The van der Waals surface area contributed by atoms with E-state index in [0.29, 0.717) is 24.0 Å². The highest BCUT2D eigenvalue weighted by Crippen LogP contribution is 2.41. The number of carbonyl (C=O) groups is 2. The summed E-state index contributed by atoms with van der Waals surface area (Å²) in [5.41, 5.74) is -0.654. The summed E-state index contributed by atoms with van der Waals surface area (Å²) in [5, 5.41) is 1.77. The zero-order chi connectivity index (χ0) is 23.7. The molecule has 0 spiro atoms. The number of anilines is 1. The van der Waals surface area contributed by atoms with E-state index in [0.717, 1.165) is 11.6 Å². The molecule has 0 saturated heterocycles. The van der Waals surface area contributed by atoms with Crippen LogP contribution in [-0.2, 0) is 26.9 Å². The number of para-hydroxylation sites is 1. The molecular formula is C22H21ClF3NO5. The van der Waals surface area contributed by atoms with Crippen LogP contribution in [0.5, 0.6) is 11.5 Å². The van der Waals surface area contributed by atoms with Gasteiger partial charge in [-0.15, -0.1) is 0 Å². The summed E-state index contributed by atoms with van der Waals surface area (Å²) < 4.78 is 55.2. The summed E-state index contributed by atoms with van der Waals surface area (Å²) in [6.45, 7) is 4.68. The van der Waals surface area contributed by atoms with Gasteiger partial charge in [-0.25, -0.2) is 4.79 Å². The van der Waals surface area contributed by atoms with Crippen LogP contribution >= 0.6 is 11.6 Å². The number of esters is 1. The van der Waals surface area contributed by atoms with Gasteiger partial charge in [-0.1, -0.05) is 23.7 Å². The van der Waals surface area contributed by atoms with E-state index in [1.54, 1.807) is 12.1 Å². The summed E-state index contributed by atoms with van der Waals surface area (Å²) in [5.74, 6) is -0.698. The average Bonchev–Trinajstić information content (AvgIpc) is 3.01. The fourth-order valence-corrected chi connectivity index (χ4v) is 3.41. The van der Waals surface area contributed by atoms with Crippen LogP contribution in [0.3, 0.4) is 0 Å². The largest absolute Gasteiger partial charge is 0.483 e. The molecule has 1 heterocycles. The average molecular weight is 472 g/mol. The number of ether oxygens (including phenoxy) is 3. The molecule has 10 heteroatoms. The maximum absolute atomic E-state index is 13.0. The molecule has 0 unspecified atom stereocenters. The quantitative estimate of drug-likeness (QED) is 0.599. The van der Waals surface area contributed by atoms with E-state index in [1.165, 1.54) is 13.0 Å². The summed E-state index contributed by atoms with van der Waals surface area (Å²) in [6.07, 6.45) is -5.25. The van der Waals surface area contributed by atoms with Crippen molar-refractivity contribution in [3.63, 3.8) is 0 Å². The van der Waals surface area contributed by atoms with Crippen molar-refractivity contribution in [1.29, 1.82) is 0 Å². The molecule has 2 aromatic rings. The van der Waals surface area contributed by atoms with Crippen LogP contribution in [0.1, 0.15) is 31.9 Å². The van der Waals surface area contributed by atoms with E-state index in [9.17, 15) is 22.8 Å². The Morgan fingerprint density at radius 1 is 1.25 bits per heavy atom. The van der Waals surface area contributed by atoms with Gasteiger partial charge in [0.05, 0.1) is 10.6 Å². The highest BCUT2D eigenvalue weighted by Gasteiger charge is 2.34. The van der Waals surface area contributed by atoms with Gasteiger partial charge in [0, 0.05) is 17.7 Å². The molecule has 0 radical (unpaired) electrons. The van der Waals surface area contributed by atoms with E-state index in [-0.39, 0.29) is 11.3 Å². The minimum absolute atomic E-state index is 0.134. The molecule has 32 heavy (non-hydrogen) atoms. The Balaban J connectivity index is 1.56. The highest BCUT2D eigenvalue weighted by molar-refractivity contribution is 6.31. The Morgan fingerprint density at radius 2 is 1.97 bits per heavy atom. The van der Waals surface area contributed by atoms with Crippen LogP contribution in [0.25, 0.3) is 0 Å². The molecule has 2 aromatic carbocycles. The van der Waals surface area contributed by atoms with Gasteiger partial charge in [-0.2, -0.15) is 13.2 Å². The van der Waals surface area contributed by atoms with E-state index in [2.05, 4.69) is 5.32 Å². The zero-order valence-electron chi connectivity index (χ0n) is 17.5. The Morgan fingerprint density at radius 3 is 2.66 bits per heavy atom. The minimum atomic E-state index is -4.68. The van der Waals surface area contributed by atoms with Crippen molar-refractivity contribution >= 4 is 29.2 Å². The molecule has 172 valence electrons. The summed E-state index contributed by atoms with van der Waals surface area (Å²) in [4.78, 5) is 24.3. The fraction of sp³-hybridized carbons (Fsp3) is 0.364. The van der Waals surface area contributed by atoms with Crippen molar-refractivity contribution in [2.24, 2.45) is 0 Å². The molecule has 0 aliphatic carbocycles. The lowest BCUT2D eigenvalue weighted by atomic mass is 10.0. The number of halogens is 4. The van der Waals surface area contributed by atoms with Crippen LogP contribution in [0.15, 0.2) is 36.4 Å². The number of hydrogen-bond donors (Lipinski definition) is 1. The number of rotatable bonds is 6. The Hall–Kier alpha value is -2.94. The van der Waals surface area contributed by atoms with Gasteiger partial charge in [0.15, 0.2) is 24.2 Å². The highest BCUT2D eigenvalue weighted by atomic mass is 35.5. The lowest BCUT2D eigenvalue weighted by Gasteiger charge is -2.18. The summed E-state index contributed by atoms with van der Waals surface area (Å²) in [6, 6.07) is 8.28. The maximum atomic E-state index is 13.0. The normalized spacial score (nSPS) is 15.3. The summed E-state index contributed by atoms with van der Waals surface area (Å²) >= 11 is 5.56. The second kappa shape index (κ2) is 8.90. The van der Waals surface area contributed by atoms with Crippen LogP contribution in [0.2, 0.25) is 5.02 Å². The van der Waals surface area contributed by atoms with Crippen molar-refractivity contribution in [2.45, 2.75) is 45.1 Å². The van der Waals surface area contributed by atoms with Gasteiger partial charge in [-0.3, -0.25) is 4.79 Å². The molecule has 6 nitrogen and oxygen atoms in total.